The number of halogens is 1. The maximum absolute atomic E-state index is 13.2. The maximum atomic E-state index is 13.2. The van der Waals surface area contributed by atoms with Crippen molar-refractivity contribution in [3.8, 4) is 11.4 Å². The van der Waals surface area contributed by atoms with E-state index >= 15 is 0 Å². The zero-order valence-electron chi connectivity index (χ0n) is 11.6. The predicted octanol–water partition coefficient (Wildman–Crippen LogP) is 2.00. The number of aliphatic hydroxyl groups excluding tert-OH is 1. The number of aryl methyl sites for hydroxylation is 1. The van der Waals surface area contributed by atoms with E-state index in [0.29, 0.717) is 30.4 Å². The Hall–Kier alpha value is -1.79. The summed E-state index contributed by atoms with van der Waals surface area (Å²) >= 11 is 0. The van der Waals surface area contributed by atoms with Crippen LogP contribution in [0, 0.1) is 12.7 Å². The molecule has 0 radical (unpaired) electrons. The van der Waals surface area contributed by atoms with E-state index in [2.05, 4.69) is 10.1 Å². The molecule has 1 N–H and O–H groups in total. The Bertz CT molecular complexity index is 571. The molecule has 0 spiro atoms. The van der Waals surface area contributed by atoms with E-state index in [1.165, 1.54) is 6.07 Å². The standard InChI is InChI=1S/C14H18FN3O2/c1-3-18(6-7-19)9-13-16-14(17-20-13)11-4-5-12(15)10(2)8-11/h4-5,8,19H,3,6-7,9H2,1-2H3. The molecule has 0 aliphatic rings. The number of benzene rings is 1. The molecule has 1 heterocycles. The van der Waals surface area contributed by atoms with Crippen molar-refractivity contribution in [3.05, 3.63) is 35.5 Å². The highest BCUT2D eigenvalue weighted by Crippen LogP contribution is 2.19. The molecule has 0 aliphatic heterocycles. The Morgan fingerprint density at radius 2 is 2.20 bits per heavy atom. The number of rotatable bonds is 6. The monoisotopic (exact) mass is 279 g/mol. The van der Waals surface area contributed by atoms with Gasteiger partial charge in [0.05, 0.1) is 13.2 Å². The van der Waals surface area contributed by atoms with Crippen LogP contribution < -0.4 is 0 Å². The lowest BCUT2D eigenvalue weighted by Crippen LogP contribution is -2.26. The van der Waals surface area contributed by atoms with E-state index in [4.69, 9.17) is 9.63 Å². The van der Waals surface area contributed by atoms with Gasteiger partial charge in [-0.05, 0) is 37.2 Å². The van der Waals surface area contributed by atoms with Crippen LogP contribution in [-0.2, 0) is 6.54 Å². The summed E-state index contributed by atoms with van der Waals surface area (Å²) in [4.78, 5) is 6.29. The molecule has 0 saturated carbocycles. The molecular formula is C14H18FN3O2. The first-order valence-electron chi connectivity index (χ1n) is 6.56. The van der Waals surface area contributed by atoms with Crippen LogP contribution in [-0.4, -0.2) is 39.8 Å². The van der Waals surface area contributed by atoms with Gasteiger partial charge in [0.25, 0.3) is 0 Å². The largest absolute Gasteiger partial charge is 0.395 e. The van der Waals surface area contributed by atoms with Crippen molar-refractivity contribution in [2.45, 2.75) is 20.4 Å². The topological polar surface area (TPSA) is 62.4 Å². The number of hydrogen-bond donors (Lipinski definition) is 1. The highest BCUT2D eigenvalue weighted by atomic mass is 19.1. The smallest absolute Gasteiger partial charge is 0.241 e. The van der Waals surface area contributed by atoms with Crippen LogP contribution in [0.2, 0.25) is 0 Å². The normalized spacial score (nSPS) is 11.2. The summed E-state index contributed by atoms with van der Waals surface area (Å²) in [6.07, 6.45) is 0. The number of aliphatic hydroxyl groups is 1. The van der Waals surface area contributed by atoms with Gasteiger partial charge >= 0.3 is 0 Å². The maximum Gasteiger partial charge on any atom is 0.241 e. The summed E-state index contributed by atoms with van der Waals surface area (Å²) in [7, 11) is 0. The lowest BCUT2D eigenvalue weighted by atomic mass is 10.1. The van der Waals surface area contributed by atoms with E-state index in [0.717, 1.165) is 12.1 Å². The Kier molecular flexibility index (Phi) is 4.81. The second-order valence-electron chi connectivity index (χ2n) is 4.57. The van der Waals surface area contributed by atoms with Gasteiger partial charge in [0.2, 0.25) is 11.7 Å². The predicted molar refractivity (Wildman–Crippen MR) is 72.5 cm³/mol. The van der Waals surface area contributed by atoms with Crippen molar-refractivity contribution >= 4 is 0 Å². The summed E-state index contributed by atoms with van der Waals surface area (Å²) in [6, 6.07) is 4.71. The van der Waals surface area contributed by atoms with E-state index in [1.54, 1.807) is 19.1 Å². The summed E-state index contributed by atoms with van der Waals surface area (Å²) in [5.41, 5.74) is 1.27. The molecule has 5 nitrogen and oxygen atoms in total. The molecular weight excluding hydrogens is 261 g/mol. The third kappa shape index (κ3) is 3.40. The molecule has 2 rings (SSSR count). The van der Waals surface area contributed by atoms with Crippen molar-refractivity contribution in [1.29, 1.82) is 0 Å². The summed E-state index contributed by atoms with van der Waals surface area (Å²) in [5.74, 6) is 0.679. The first kappa shape index (κ1) is 14.6. The van der Waals surface area contributed by atoms with Crippen LogP contribution in [0.3, 0.4) is 0 Å². The van der Waals surface area contributed by atoms with E-state index in [1.807, 2.05) is 11.8 Å². The lowest BCUT2D eigenvalue weighted by molar-refractivity contribution is 0.180. The highest BCUT2D eigenvalue weighted by Gasteiger charge is 2.12. The van der Waals surface area contributed by atoms with Gasteiger partial charge in [-0.1, -0.05) is 12.1 Å². The minimum atomic E-state index is -0.252. The van der Waals surface area contributed by atoms with Crippen LogP contribution in [0.25, 0.3) is 11.4 Å². The van der Waals surface area contributed by atoms with Gasteiger partial charge in [-0.2, -0.15) is 4.98 Å². The molecule has 0 saturated heterocycles. The second kappa shape index (κ2) is 6.58. The number of likely N-dealkylation sites (N-methyl/N-ethyl adjacent to an activating group) is 1. The van der Waals surface area contributed by atoms with E-state index in [-0.39, 0.29) is 12.4 Å². The van der Waals surface area contributed by atoms with Crippen LogP contribution >= 0.6 is 0 Å². The SMILES string of the molecule is CCN(CCO)Cc1nc(-c2ccc(F)c(C)c2)no1. The van der Waals surface area contributed by atoms with Gasteiger partial charge in [0, 0.05) is 12.1 Å². The van der Waals surface area contributed by atoms with Crippen LogP contribution in [0.15, 0.2) is 22.7 Å². The molecule has 0 atom stereocenters. The van der Waals surface area contributed by atoms with Gasteiger partial charge in [-0.3, -0.25) is 4.90 Å². The Morgan fingerprint density at radius 3 is 2.85 bits per heavy atom. The molecule has 0 unspecified atom stereocenters. The fourth-order valence-corrected chi connectivity index (χ4v) is 1.90. The Labute approximate surface area is 117 Å². The summed E-state index contributed by atoms with van der Waals surface area (Å²) in [5, 5.41) is 12.8. The minimum absolute atomic E-state index is 0.0893. The van der Waals surface area contributed by atoms with Crippen molar-refractivity contribution < 1.29 is 14.0 Å². The van der Waals surface area contributed by atoms with Gasteiger partial charge in [0.15, 0.2) is 0 Å². The number of hydrogen-bond acceptors (Lipinski definition) is 5. The number of aromatic nitrogens is 2. The first-order chi connectivity index (χ1) is 9.63. The van der Waals surface area contributed by atoms with Gasteiger partial charge in [-0.15, -0.1) is 0 Å². The van der Waals surface area contributed by atoms with Crippen molar-refractivity contribution in [2.24, 2.45) is 0 Å². The third-order valence-electron chi connectivity index (χ3n) is 3.11. The molecule has 20 heavy (non-hydrogen) atoms. The zero-order chi connectivity index (χ0) is 14.5. The van der Waals surface area contributed by atoms with Crippen LogP contribution in [0.4, 0.5) is 4.39 Å². The summed E-state index contributed by atoms with van der Waals surface area (Å²) in [6.45, 7) is 5.62. The Morgan fingerprint density at radius 1 is 1.40 bits per heavy atom. The lowest BCUT2D eigenvalue weighted by Gasteiger charge is -2.15. The molecule has 0 aliphatic carbocycles. The van der Waals surface area contributed by atoms with Crippen LogP contribution in [0.1, 0.15) is 18.4 Å². The average molecular weight is 279 g/mol. The van der Waals surface area contributed by atoms with Crippen molar-refractivity contribution in [2.75, 3.05) is 19.7 Å². The van der Waals surface area contributed by atoms with E-state index < -0.39 is 0 Å². The fourth-order valence-electron chi connectivity index (χ4n) is 1.90. The average Bonchev–Trinajstić information content (AvgIpc) is 2.90. The first-order valence-corrected chi connectivity index (χ1v) is 6.56. The molecule has 1 aromatic carbocycles. The zero-order valence-corrected chi connectivity index (χ0v) is 11.6. The molecule has 2 aromatic rings. The molecule has 108 valence electrons. The Balaban J connectivity index is 2.13. The van der Waals surface area contributed by atoms with E-state index in [9.17, 15) is 4.39 Å². The van der Waals surface area contributed by atoms with Crippen LogP contribution in [0.5, 0.6) is 0 Å². The van der Waals surface area contributed by atoms with Crippen molar-refractivity contribution in [1.82, 2.24) is 15.0 Å². The molecule has 6 heteroatoms. The quantitative estimate of drug-likeness (QED) is 0.876. The van der Waals surface area contributed by atoms with Gasteiger partial charge in [0.1, 0.15) is 5.82 Å². The number of nitrogens with zero attached hydrogens (tertiary/aromatic N) is 3. The van der Waals surface area contributed by atoms with Gasteiger partial charge in [-0.25, -0.2) is 4.39 Å². The molecule has 0 bridgehead atoms. The summed E-state index contributed by atoms with van der Waals surface area (Å²) < 4.78 is 18.4. The third-order valence-corrected chi connectivity index (χ3v) is 3.11. The minimum Gasteiger partial charge on any atom is -0.395 e. The molecule has 0 fully saturated rings. The molecule has 1 aromatic heterocycles. The molecule has 0 amide bonds. The van der Waals surface area contributed by atoms with Crippen molar-refractivity contribution in [3.63, 3.8) is 0 Å². The highest BCUT2D eigenvalue weighted by molar-refractivity contribution is 5.55. The van der Waals surface area contributed by atoms with Gasteiger partial charge < -0.3 is 9.63 Å². The second-order valence-corrected chi connectivity index (χ2v) is 4.57. The fraction of sp³-hybridized carbons (Fsp3) is 0.429.